The molecule has 1 saturated carbocycles. The molecule has 2 rings (SSSR count). The fraction of sp³-hybridized carbons (Fsp3) is 0.619. The molecule has 0 radical (unpaired) electrons. The Labute approximate surface area is 156 Å². The first kappa shape index (κ1) is 20.3. The number of carbonyl (C=O) groups excluding carboxylic acids is 2. The molecule has 0 atom stereocenters. The van der Waals surface area contributed by atoms with Gasteiger partial charge in [0.1, 0.15) is 5.75 Å². The van der Waals surface area contributed by atoms with Gasteiger partial charge in [0, 0.05) is 24.9 Å². The van der Waals surface area contributed by atoms with E-state index in [0.717, 1.165) is 50.0 Å². The molecule has 0 unspecified atom stereocenters. The Balaban J connectivity index is 1.69. The van der Waals surface area contributed by atoms with Crippen molar-refractivity contribution in [3.05, 3.63) is 29.8 Å². The summed E-state index contributed by atoms with van der Waals surface area (Å²) < 4.78 is 5.14. The van der Waals surface area contributed by atoms with E-state index in [1.807, 2.05) is 24.3 Å². The summed E-state index contributed by atoms with van der Waals surface area (Å²) >= 11 is 0. The van der Waals surface area contributed by atoms with E-state index in [2.05, 4.69) is 24.5 Å². The molecule has 0 spiro atoms. The van der Waals surface area contributed by atoms with E-state index < -0.39 is 0 Å². The van der Waals surface area contributed by atoms with Gasteiger partial charge in [-0.05, 0) is 55.7 Å². The van der Waals surface area contributed by atoms with Gasteiger partial charge in [0.15, 0.2) is 0 Å². The molecule has 2 N–H and O–H groups in total. The summed E-state index contributed by atoms with van der Waals surface area (Å²) in [7, 11) is 1.64. The third-order valence-electron chi connectivity index (χ3n) is 5.12. The van der Waals surface area contributed by atoms with Crippen LogP contribution in [0.5, 0.6) is 5.75 Å². The monoisotopic (exact) mass is 360 g/mol. The van der Waals surface area contributed by atoms with Gasteiger partial charge < -0.3 is 15.4 Å². The number of hydrogen-bond acceptors (Lipinski definition) is 3. The fourth-order valence-corrected chi connectivity index (χ4v) is 3.32. The maximum atomic E-state index is 12.4. The maximum absolute atomic E-state index is 12.4. The summed E-state index contributed by atoms with van der Waals surface area (Å²) in [4.78, 5) is 24.6. The Morgan fingerprint density at radius 3 is 2.04 bits per heavy atom. The van der Waals surface area contributed by atoms with Gasteiger partial charge in [-0.25, -0.2) is 0 Å². The van der Waals surface area contributed by atoms with Crippen molar-refractivity contribution in [2.45, 2.75) is 52.5 Å². The van der Waals surface area contributed by atoms with E-state index in [-0.39, 0.29) is 23.7 Å². The van der Waals surface area contributed by atoms with Crippen LogP contribution in [0.15, 0.2) is 24.3 Å². The lowest BCUT2D eigenvalue weighted by molar-refractivity contribution is -0.130. The van der Waals surface area contributed by atoms with Gasteiger partial charge in [-0.15, -0.1) is 0 Å². The highest BCUT2D eigenvalue weighted by Gasteiger charge is 2.29. The zero-order chi connectivity index (χ0) is 18.9. The van der Waals surface area contributed by atoms with Crippen LogP contribution >= 0.6 is 0 Å². The second-order valence-electron chi connectivity index (χ2n) is 7.59. The second kappa shape index (κ2) is 10.2. The Morgan fingerprint density at radius 2 is 1.54 bits per heavy atom. The lowest BCUT2D eigenvalue weighted by Crippen LogP contribution is -2.37. The molecule has 2 amide bonds. The highest BCUT2D eigenvalue weighted by molar-refractivity contribution is 5.81. The molecule has 1 aromatic carbocycles. The first-order chi connectivity index (χ1) is 12.5. The van der Waals surface area contributed by atoms with Crippen LogP contribution in [0.2, 0.25) is 0 Å². The van der Waals surface area contributed by atoms with Gasteiger partial charge in [-0.2, -0.15) is 0 Å². The van der Waals surface area contributed by atoms with Gasteiger partial charge in [0.2, 0.25) is 11.8 Å². The maximum Gasteiger partial charge on any atom is 0.223 e. The molecule has 0 aromatic heterocycles. The lowest BCUT2D eigenvalue weighted by Gasteiger charge is -2.27. The van der Waals surface area contributed by atoms with E-state index in [9.17, 15) is 9.59 Å². The Bertz CT molecular complexity index is 575. The molecule has 5 nitrogen and oxygen atoms in total. The van der Waals surface area contributed by atoms with Gasteiger partial charge in [-0.1, -0.05) is 26.0 Å². The van der Waals surface area contributed by atoms with Crippen LogP contribution in [0.25, 0.3) is 0 Å². The van der Waals surface area contributed by atoms with Crippen molar-refractivity contribution in [1.29, 1.82) is 0 Å². The van der Waals surface area contributed by atoms with Crippen molar-refractivity contribution < 1.29 is 14.3 Å². The van der Waals surface area contributed by atoms with E-state index >= 15 is 0 Å². The molecule has 0 aliphatic heterocycles. The van der Waals surface area contributed by atoms with E-state index in [0.29, 0.717) is 12.5 Å². The average molecular weight is 360 g/mol. The summed E-state index contributed by atoms with van der Waals surface area (Å²) in [6.07, 6.45) is 4.19. The molecule has 0 saturated heterocycles. The van der Waals surface area contributed by atoms with Crippen molar-refractivity contribution in [2.75, 3.05) is 13.7 Å². The molecular weight excluding hydrogens is 328 g/mol. The molecule has 0 bridgehead atoms. The topological polar surface area (TPSA) is 67.4 Å². The minimum Gasteiger partial charge on any atom is -0.497 e. The van der Waals surface area contributed by atoms with Crippen LogP contribution in [-0.4, -0.2) is 25.5 Å². The number of methoxy groups -OCH3 is 1. The van der Waals surface area contributed by atoms with E-state index in [4.69, 9.17) is 4.74 Å². The quantitative estimate of drug-likeness (QED) is 0.748. The van der Waals surface area contributed by atoms with Gasteiger partial charge in [-0.3, -0.25) is 9.59 Å². The third-order valence-corrected chi connectivity index (χ3v) is 5.12. The lowest BCUT2D eigenvalue weighted by atomic mass is 9.81. The standard InChI is InChI=1S/C21H32N2O3/c1-15(2)12-13-22-20(24)17-6-8-18(9-7-17)21(25)23-14-16-4-10-19(26-3)11-5-16/h4-5,10-11,15,17-18H,6-9,12-14H2,1-3H3,(H,22,24)(H,23,25). The molecule has 5 heteroatoms. The van der Waals surface area contributed by atoms with Gasteiger partial charge in [0.05, 0.1) is 7.11 Å². The summed E-state index contributed by atoms with van der Waals surface area (Å²) in [6.45, 7) is 5.58. The number of ether oxygens (including phenoxy) is 1. The number of carbonyl (C=O) groups is 2. The zero-order valence-corrected chi connectivity index (χ0v) is 16.2. The SMILES string of the molecule is COc1ccc(CNC(=O)C2CCC(C(=O)NCCC(C)C)CC2)cc1. The van der Waals surface area contributed by atoms with Crippen molar-refractivity contribution in [2.24, 2.45) is 17.8 Å². The summed E-state index contributed by atoms with van der Waals surface area (Å²) in [5.41, 5.74) is 1.05. The molecule has 1 aliphatic carbocycles. The molecule has 26 heavy (non-hydrogen) atoms. The van der Waals surface area contributed by atoms with Crippen LogP contribution < -0.4 is 15.4 Å². The molecule has 1 fully saturated rings. The van der Waals surface area contributed by atoms with Gasteiger partial charge in [0.25, 0.3) is 0 Å². The first-order valence-electron chi connectivity index (χ1n) is 9.68. The van der Waals surface area contributed by atoms with Crippen LogP contribution in [-0.2, 0) is 16.1 Å². The summed E-state index contributed by atoms with van der Waals surface area (Å²) in [6, 6.07) is 7.70. The minimum absolute atomic E-state index is 0.0213. The predicted octanol–water partition coefficient (Wildman–Crippen LogP) is 3.28. The second-order valence-corrected chi connectivity index (χ2v) is 7.59. The van der Waals surface area contributed by atoms with Crippen LogP contribution in [0.4, 0.5) is 0 Å². The van der Waals surface area contributed by atoms with Crippen LogP contribution in [0.3, 0.4) is 0 Å². The Morgan fingerprint density at radius 1 is 1.00 bits per heavy atom. The molecular formula is C21H32N2O3. The third kappa shape index (κ3) is 6.36. The summed E-state index contributed by atoms with van der Waals surface area (Å²) in [5.74, 6) is 1.74. The van der Waals surface area contributed by atoms with E-state index in [1.165, 1.54) is 0 Å². The number of nitrogens with one attached hydrogen (secondary N) is 2. The molecule has 1 aliphatic rings. The highest BCUT2D eigenvalue weighted by atomic mass is 16.5. The zero-order valence-electron chi connectivity index (χ0n) is 16.2. The summed E-state index contributed by atoms with van der Waals surface area (Å²) in [5, 5.41) is 6.05. The number of benzene rings is 1. The van der Waals surface area contributed by atoms with Crippen molar-refractivity contribution in [1.82, 2.24) is 10.6 Å². The number of rotatable bonds is 8. The smallest absolute Gasteiger partial charge is 0.223 e. The molecule has 1 aromatic rings. The van der Waals surface area contributed by atoms with Crippen LogP contribution in [0.1, 0.15) is 51.5 Å². The normalized spacial score (nSPS) is 19.8. The fourth-order valence-electron chi connectivity index (χ4n) is 3.32. The average Bonchev–Trinajstić information content (AvgIpc) is 2.66. The molecule has 144 valence electrons. The van der Waals surface area contributed by atoms with E-state index in [1.54, 1.807) is 7.11 Å². The van der Waals surface area contributed by atoms with Crippen molar-refractivity contribution in [3.63, 3.8) is 0 Å². The molecule has 0 heterocycles. The van der Waals surface area contributed by atoms with Crippen LogP contribution in [0, 0.1) is 17.8 Å². The number of hydrogen-bond donors (Lipinski definition) is 2. The highest BCUT2D eigenvalue weighted by Crippen LogP contribution is 2.29. The Hall–Kier alpha value is -2.04. The Kier molecular flexibility index (Phi) is 7.95. The van der Waals surface area contributed by atoms with Crippen molar-refractivity contribution >= 4 is 11.8 Å². The first-order valence-corrected chi connectivity index (χ1v) is 9.68. The predicted molar refractivity (Wildman–Crippen MR) is 103 cm³/mol. The van der Waals surface area contributed by atoms with Gasteiger partial charge >= 0.3 is 0 Å². The largest absolute Gasteiger partial charge is 0.497 e. The van der Waals surface area contributed by atoms with Crippen molar-refractivity contribution in [3.8, 4) is 5.75 Å². The minimum atomic E-state index is 0.0213. The number of amides is 2.